The van der Waals surface area contributed by atoms with E-state index in [0.29, 0.717) is 0 Å². The van der Waals surface area contributed by atoms with Gasteiger partial charge >= 0.3 is 0 Å². The van der Waals surface area contributed by atoms with Crippen LogP contribution in [-0.2, 0) is 4.74 Å². The highest BCUT2D eigenvalue weighted by atomic mass is 16.5. The van der Waals surface area contributed by atoms with Gasteiger partial charge in [-0.2, -0.15) is 0 Å². The summed E-state index contributed by atoms with van der Waals surface area (Å²) in [6, 6.07) is 0. The van der Waals surface area contributed by atoms with Crippen LogP contribution in [0.25, 0.3) is 0 Å². The minimum absolute atomic E-state index is 0. The molecule has 0 aliphatic carbocycles. The monoisotopic (exact) mass is 170 g/mol. The van der Waals surface area contributed by atoms with Crippen molar-refractivity contribution in [3.63, 3.8) is 0 Å². The molecule has 0 saturated heterocycles. The fraction of sp³-hybridized carbons (Fsp3) is 1.00. The Hall–Kier alpha value is -0.0400. The fourth-order valence-electron chi connectivity index (χ4n) is 0.706. The lowest BCUT2D eigenvalue weighted by atomic mass is 10.1. The molecule has 0 aromatic heterocycles. The van der Waals surface area contributed by atoms with Crippen molar-refractivity contribution < 1.29 is 13.3 Å². The van der Waals surface area contributed by atoms with E-state index in [4.69, 9.17) is 4.74 Å². The molecule has 0 radical (unpaired) electrons. The molecule has 11 heavy (non-hydrogen) atoms. The summed E-state index contributed by atoms with van der Waals surface area (Å²) in [5.74, 6) is 1.44. The zero-order valence-electron chi connectivity index (χ0n) is 8.39. The van der Waals surface area contributed by atoms with E-state index in [9.17, 15) is 0 Å². The SMILES string of the molecule is CCC(C)COCC(C)CC.[HH].[HH].[HH].[HH].[HH].[HH]. The van der Waals surface area contributed by atoms with Gasteiger partial charge in [0.15, 0.2) is 0 Å². The van der Waals surface area contributed by atoms with Crippen molar-refractivity contribution in [2.45, 2.75) is 40.5 Å². The van der Waals surface area contributed by atoms with Crippen LogP contribution < -0.4 is 0 Å². The fourth-order valence-corrected chi connectivity index (χ4v) is 0.706. The molecule has 0 fully saturated rings. The molecule has 1 heteroatoms. The molecule has 0 aromatic carbocycles. The minimum Gasteiger partial charge on any atom is -0.381 e. The molecule has 0 aromatic rings. The van der Waals surface area contributed by atoms with Crippen LogP contribution in [0.1, 0.15) is 49.1 Å². The molecule has 0 saturated carbocycles. The highest BCUT2D eigenvalue weighted by Gasteiger charge is 2.01. The van der Waals surface area contributed by atoms with Crippen molar-refractivity contribution in [2.75, 3.05) is 13.2 Å². The molecule has 2 atom stereocenters. The highest BCUT2D eigenvalue weighted by Crippen LogP contribution is 2.04. The lowest BCUT2D eigenvalue weighted by Gasteiger charge is -2.12. The Labute approximate surface area is 80.0 Å². The van der Waals surface area contributed by atoms with Gasteiger partial charge in [-0.25, -0.2) is 0 Å². The molecule has 0 bridgehead atoms. The summed E-state index contributed by atoms with van der Waals surface area (Å²) in [5, 5.41) is 0. The van der Waals surface area contributed by atoms with E-state index in [1.165, 1.54) is 12.8 Å². The third-order valence-corrected chi connectivity index (χ3v) is 2.20. The van der Waals surface area contributed by atoms with Crippen molar-refractivity contribution in [2.24, 2.45) is 11.8 Å². The van der Waals surface area contributed by atoms with Crippen LogP contribution in [0, 0.1) is 11.8 Å². The van der Waals surface area contributed by atoms with E-state index < -0.39 is 0 Å². The second kappa shape index (κ2) is 6.66. The molecule has 0 rings (SSSR count). The van der Waals surface area contributed by atoms with Crippen molar-refractivity contribution in [1.82, 2.24) is 0 Å². The van der Waals surface area contributed by atoms with Gasteiger partial charge < -0.3 is 4.74 Å². The molecular weight excluding hydrogens is 136 g/mol. The topological polar surface area (TPSA) is 9.23 Å². The molecule has 0 amide bonds. The van der Waals surface area contributed by atoms with Gasteiger partial charge in [0.2, 0.25) is 0 Å². The Morgan fingerprint density at radius 3 is 1.64 bits per heavy atom. The van der Waals surface area contributed by atoms with Gasteiger partial charge in [0.05, 0.1) is 0 Å². The number of hydrogen-bond donors (Lipinski definition) is 0. The summed E-state index contributed by atoms with van der Waals surface area (Å²) in [6.45, 7) is 10.7. The first kappa shape index (κ1) is 11.0. The Balaban J connectivity index is -0.0000000333. The second-order valence-corrected chi connectivity index (χ2v) is 3.56. The van der Waals surface area contributed by atoms with Gasteiger partial charge in [-0.3, -0.25) is 0 Å². The lowest BCUT2D eigenvalue weighted by Crippen LogP contribution is -2.10. The van der Waals surface area contributed by atoms with Gasteiger partial charge in [0.25, 0.3) is 0 Å². The number of ether oxygens (including phenoxy) is 1. The summed E-state index contributed by atoms with van der Waals surface area (Å²) in [5.41, 5.74) is 0. The molecule has 0 spiro atoms. The predicted molar refractivity (Wildman–Crippen MR) is 62.4 cm³/mol. The standard InChI is InChI=1S/C10H22O.6H2/c1-5-9(3)7-11-8-10(4)6-2;;;;;;/h9-10H,5-8H2,1-4H3;6*1H. The molecule has 0 N–H and O–H groups in total. The van der Waals surface area contributed by atoms with E-state index in [2.05, 4.69) is 27.7 Å². The van der Waals surface area contributed by atoms with E-state index in [0.717, 1.165) is 25.0 Å². The lowest BCUT2D eigenvalue weighted by molar-refractivity contribution is 0.0780. The molecule has 80 valence electrons. The quantitative estimate of drug-likeness (QED) is 0.567. The molecule has 0 aliphatic heterocycles. The molecular formula is C10H34O. The third-order valence-electron chi connectivity index (χ3n) is 2.20. The highest BCUT2D eigenvalue weighted by molar-refractivity contribution is 4.49. The van der Waals surface area contributed by atoms with Crippen molar-refractivity contribution in [3.8, 4) is 0 Å². The van der Waals surface area contributed by atoms with Crippen LogP contribution in [0.3, 0.4) is 0 Å². The van der Waals surface area contributed by atoms with Gasteiger partial charge in [-0.1, -0.05) is 40.5 Å². The van der Waals surface area contributed by atoms with Gasteiger partial charge in [-0.15, -0.1) is 0 Å². The zero-order chi connectivity index (χ0) is 8.69. The predicted octanol–water partition coefficient (Wildman–Crippen LogP) is 4.57. The molecule has 1 nitrogen and oxygen atoms in total. The third kappa shape index (κ3) is 6.36. The van der Waals surface area contributed by atoms with E-state index in [1.807, 2.05) is 0 Å². The van der Waals surface area contributed by atoms with Crippen LogP contribution in [-0.4, -0.2) is 13.2 Å². The molecule has 2 unspecified atom stereocenters. The van der Waals surface area contributed by atoms with Crippen LogP contribution in [0.2, 0.25) is 0 Å². The molecule has 0 aliphatic rings. The Morgan fingerprint density at radius 1 is 1.00 bits per heavy atom. The zero-order valence-corrected chi connectivity index (χ0v) is 8.39. The van der Waals surface area contributed by atoms with Crippen LogP contribution in [0.15, 0.2) is 0 Å². The first-order valence-electron chi connectivity index (χ1n) is 4.78. The van der Waals surface area contributed by atoms with Crippen LogP contribution in [0.5, 0.6) is 0 Å². The van der Waals surface area contributed by atoms with Crippen molar-refractivity contribution in [1.29, 1.82) is 0 Å². The Bertz CT molecular complexity index is 86.9. The average Bonchev–Trinajstić information content (AvgIpc) is 2.04. The maximum Gasteiger partial charge on any atom is 0.0491 e. The smallest absolute Gasteiger partial charge is 0.0491 e. The largest absolute Gasteiger partial charge is 0.381 e. The van der Waals surface area contributed by atoms with Gasteiger partial charge in [-0.05, 0) is 11.8 Å². The first-order valence-corrected chi connectivity index (χ1v) is 4.78. The maximum atomic E-state index is 5.54. The first-order chi connectivity index (χ1) is 5.20. The normalized spacial score (nSPS) is 16.4. The summed E-state index contributed by atoms with van der Waals surface area (Å²) < 4.78 is 5.54. The van der Waals surface area contributed by atoms with Crippen molar-refractivity contribution in [3.05, 3.63) is 0 Å². The Morgan fingerprint density at radius 2 is 1.36 bits per heavy atom. The van der Waals surface area contributed by atoms with E-state index in [1.54, 1.807) is 0 Å². The van der Waals surface area contributed by atoms with Crippen LogP contribution >= 0.6 is 0 Å². The minimum atomic E-state index is 0. The summed E-state index contributed by atoms with van der Waals surface area (Å²) in [6.07, 6.45) is 2.45. The Kier molecular flexibility index (Phi) is 6.63. The van der Waals surface area contributed by atoms with E-state index >= 15 is 0 Å². The number of hydrogen-bond acceptors (Lipinski definition) is 1. The van der Waals surface area contributed by atoms with Crippen molar-refractivity contribution >= 4 is 0 Å². The van der Waals surface area contributed by atoms with Gasteiger partial charge in [0, 0.05) is 21.8 Å². The van der Waals surface area contributed by atoms with Crippen LogP contribution in [0.4, 0.5) is 0 Å². The number of rotatable bonds is 6. The molecule has 0 heterocycles. The summed E-state index contributed by atoms with van der Waals surface area (Å²) in [4.78, 5) is 0. The van der Waals surface area contributed by atoms with Gasteiger partial charge in [0.1, 0.15) is 0 Å². The maximum absolute atomic E-state index is 5.54. The summed E-state index contributed by atoms with van der Waals surface area (Å²) >= 11 is 0. The van der Waals surface area contributed by atoms with E-state index in [-0.39, 0.29) is 8.56 Å². The average molecular weight is 170 g/mol. The summed E-state index contributed by atoms with van der Waals surface area (Å²) in [7, 11) is 0. The second-order valence-electron chi connectivity index (χ2n) is 3.56.